The predicted octanol–water partition coefficient (Wildman–Crippen LogP) is 3.14. The van der Waals surface area contributed by atoms with Gasteiger partial charge in [-0.15, -0.1) is 0 Å². The summed E-state index contributed by atoms with van der Waals surface area (Å²) in [6, 6.07) is 14.2. The largest absolute Gasteiger partial charge is 0.368 e. The van der Waals surface area contributed by atoms with Crippen LogP contribution in [0.15, 0.2) is 53.7 Å². The van der Waals surface area contributed by atoms with Gasteiger partial charge in [-0.25, -0.2) is 4.98 Å². The van der Waals surface area contributed by atoms with Crippen molar-refractivity contribution in [2.45, 2.75) is 0 Å². The van der Waals surface area contributed by atoms with E-state index in [1.165, 1.54) is 5.69 Å². The Balaban J connectivity index is 1.64. The first-order valence-corrected chi connectivity index (χ1v) is 7.36. The molecule has 1 aromatic heterocycles. The van der Waals surface area contributed by atoms with E-state index in [-0.39, 0.29) is 0 Å². The lowest BCUT2D eigenvalue weighted by molar-refractivity contribution is 0.647. The van der Waals surface area contributed by atoms with Crippen LogP contribution in [0.4, 0.5) is 17.2 Å². The van der Waals surface area contributed by atoms with E-state index < -0.39 is 0 Å². The average molecular weight is 296 g/mol. The zero-order chi connectivity index (χ0) is 14.5. The lowest BCUT2D eigenvalue weighted by atomic mass is 10.2. The van der Waals surface area contributed by atoms with Crippen molar-refractivity contribution in [1.82, 2.24) is 4.98 Å². The third kappa shape index (κ3) is 3.27. The van der Waals surface area contributed by atoms with Crippen LogP contribution in [0, 0.1) is 0 Å². The number of thiocarbonyl (C=S) groups is 1. The quantitative estimate of drug-likeness (QED) is 0.643. The Hall–Kier alpha value is -2.23. The molecule has 21 heavy (non-hydrogen) atoms. The molecule has 106 valence electrons. The standard InChI is InChI=1S/C16H16N4S/c21-13-18-14-4-6-15(7-5-14)19-9-11-20(12-10-19)16-3-1-2-8-17-16/h1-8H,9-12H2. The van der Waals surface area contributed by atoms with Crippen molar-refractivity contribution in [2.75, 3.05) is 36.0 Å². The Kier molecular flexibility index (Phi) is 4.24. The molecule has 0 atom stereocenters. The average Bonchev–Trinajstić information content (AvgIpc) is 2.57. The Morgan fingerprint density at radius 2 is 1.67 bits per heavy atom. The summed E-state index contributed by atoms with van der Waals surface area (Å²) in [4.78, 5) is 13.1. The molecule has 2 aromatic rings. The molecule has 4 nitrogen and oxygen atoms in total. The third-order valence-corrected chi connectivity index (χ3v) is 3.73. The lowest BCUT2D eigenvalue weighted by Crippen LogP contribution is -2.46. The second kappa shape index (κ2) is 6.48. The summed E-state index contributed by atoms with van der Waals surface area (Å²) in [6.07, 6.45) is 1.84. The van der Waals surface area contributed by atoms with Gasteiger partial charge in [-0.3, -0.25) is 0 Å². The molecule has 0 radical (unpaired) electrons. The normalized spacial score (nSPS) is 14.7. The highest BCUT2D eigenvalue weighted by atomic mass is 32.1. The number of isothiocyanates is 1. The first kappa shape index (κ1) is 13.7. The maximum atomic E-state index is 4.61. The Morgan fingerprint density at radius 1 is 0.952 bits per heavy atom. The molecular weight excluding hydrogens is 280 g/mol. The van der Waals surface area contributed by atoms with E-state index in [1.54, 1.807) is 0 Å². The number of rotatable bonds is 3. The van der Waals surface area contributed by atoms with Crippen LogP contribution in [0.25, 0.3) is 0 Å². The van der Waals surface area contributed by atoms with Crippen LogP contribution in [0.1, 0.15) is 0 Å². The van der Waals surface area contributed by atoms with Crippen molar-refractivity contribution in [3.05, 3.63) is 48.7 Å². The van der Waals surface area contributed by atoms with Crippen molar-refractivity contribution in [3.8, 4) is 0 Å². The maximum Gasteiger partial charge on any atom is 0.128 e. The van der Waals surface area contributed by atoms with Gasteiger partial charge >= 0.3 is 0 Å². The Morgan fingerprint density at radius 3 is 2.29 bits per heavy atom. The van der Waals surface area contributed by atoms with Gasteiger partial charge in [0.25, 0.3) is 0 Å². The zero-order valence-electron chi connectivity index (χ0n) is 11.6. The molecule has 1 aliphatic rings. The van der Waals surface area contributed by atoms with Crippen LogP contribution in [-0.2, 0) is 0 Å². The lowest BCUT2D eigenvalue weighted by Gasteiger charge is -2.36. The van der Waals surface area contributed by atoms with E-state index in [0.717, 1.165) is 37.7 Å². The van der Waals surface area contributed by atoms with Crippen LogP contribution in [0.3, 0.4) is 0 Å². The Bertz CT molecular complexity index is 627. The number of pyridine rings is 1. The van der Waals surface area contributed by atoms with Gasteiger partial charge in [-0.2, -0.15) is 4.99 Å². The van der Waals surface area contributed by atoms with Gasteiger partial charge in [-0.1, -0.05) is 6.07 Å². The summed E-state index contributed by atoms with van der Waals surface area (Å²) in [5.74, 6) is 1.06. The van der Waals surface area contributed by atoms with E-state index in [1.807, 2.05) is 30.5 Å². The fraction of sp³-hybridized carbons (Fsp3) is 0.250. The molecule has 2 heterocycles. The summed E-state index contributed by atoms with van der Waals surface area (Å²) in [7, 11) is 0. The van der Waals surface area contributed by atoms with Crippen molar-refractivity contribution >= 4 is 34.6 Å². The number of piperazine rings is 1. The minimum atomic E-state index is 0.848. The summed E-state index contributed by atoms with van der Waals surface area (Å²) in [6.45, 7) is 3.95. The van der Waals surface area contributed by atoms with Gasteiger partial charge in [-0.05, 0) is 48.6 Å². The molecule has 1 fully saturated rings. The molecule has 0 unspecified atom stereocenters. The molecule has 1 saturated heterocycles. The highest BCUT2D eigenvalue weighted by Crippen LogP contribution is 2.22. The fourth-order valence-electron chi connectivity index (χ4n) is 2.53. The highest BCUT2D eigenvalue weighted by molar-refractivity contribution is 7.78. The molecule has 0 spiro atoms. The smallest absolute Gasteiger partial charge is 0.128 e. The first-order valence-electron chi connectivity index (χ1n) is 6.96. The van der Waals surface area contributed by atoms with Crippen molar-refractivity contribution in [2.24, 2.45) is 4.99 Å². The molecule has 0 bridgehead atoms. The van der Waals surface area contributed by atoms with Gasteiger partial charge in [0.15, 0.2) is 0 Å². The van der Waals surface area contributed by atoms with Gasteiger partial charge in [0.1, 0.15) is 5.82 Å². The van der Waals surface area contributed by atoms with E-state index in [0.29, 0.717) is 0 Å². The second-order valence-corrected chi connectivity index (χ2v) is 5.06. The molecule has 3 rings (SSSR count). The van der Waals surface area contributed by atoms with E-state index in [2.05, 4.69) is 55.4 Å². The number of aromatic nitrogens is 1. The Labute approximate surface area is 129 Å². The second-order valence-electron chi connectivity index (χ2n) is 4.88. The number of hydrogen-bond donors (Lipinski definition) is 0. The highest BCUT2D eigenvalue weighted by Gasteiger charge is 2.17. The van der Waals surface area contributed by atoms with Gasteiger partial charge in [0.2, 0.25) is 0 Å². The molecule has 0 saturated carbocycles. The molecule has 0 N–H and O–H groups in total. The number of nitrogens with zero attached hydrogens (tertiary/aromatic N) is 4. The van der Waals surface area contributed by atoms with Crippen molar-refractivity contribution in [1.29, 1.82) is 0 Å². The SMILES string of the molecule is S=C=Nc1ccc(N2CCN(c3ccccn3)CC2)cc1. The number of benzene rings is 1. The van der Waals surface area contributed by atoms with Gasteiger partial charge < -0.3 is 9.80 Å². The maximum absolute atomic E-state index is 4.61. The van der Waals surface area contributed by atoms with E-state index >= 15 is 0 Å². The molecule has 1 aliphatic heterocycles. The van der Waals surface area contributed by atoms with Crippen LogP contribution in [-0.4, -0.2) is 36.3 Å². The van der Waals surface area contributed by atoms with Crippen molar-refractivity contribution < 1.29 is 0 Å². The summed E-state index contributed by atoms with van der Waals surface area (Å²) < 4.78 is 0. The molecular formula is C16H16N4S. The minimum absolute atomic E-state index is 0.848. The number of anilines is 2. The molecule has 5 heteroatoms. The van der Waals surface area contributed by atoms with Crippen LogP contribution in [0.5, 0.6) is 0 Å². The molecule has 0 amide bonds. The van der Waals surface area contributed by atoms with E-state index in [4.69, 9.17) is 0 Å². The third-order valence-electron chi connectivity index (χ3n) is 3.64. The van der Waals surface area contributed by atoms with Crippen LogP contribution < -0.4 is 9.80 Å². The topological polar surface area (TPSA) is 31.7 Å². The fourth-order valence-corrected chi connectivity index (χ4v) is 2.63. The zero-order valence-corrected chi connectivity index (χ0v) is 12.5. The molecule has 1 aromatic carbocycles. The van der Waals surface area contributed by atoms with Crippen LogP contribution in [0.2, 0.25) is 0 Å². The summed E-state index contributed by atoms with van der Waals surface area (Å²) in [5, 5.41) is 2.39. The first-order chi connectivity index (χ1) is 10.4. The monoisotopic (exact) mass is 296 g/mol. The van der Waals surface area contributed by atoms with E-state index in [9.17, 15) is 0 Å². The number of aliphatic imine (C=N–C) groups is 1. The van der Waals surface area contributed by atoms with Gasteiger partial charge in [0.05, 0.1) is 10.8 Å². The number of hydrogen-bond acceptors (Lipinski definition) is 5. The van der Waals surface area contributed by atoms with Crippen LogP contribution >= 0.6 is 12.2 Å². The molecule has 0 aliphatic carbocycles. The predicted molar refractivity (Wildman–Crippen MR) is 89.8 cm³/mol. The van der Waals surface area contributed by atoms with Gasteiger partial charge in [0, 0.05) is 38.1 Å². The summed E-state index contributed by atoms with van der Waals surface area (Å²) in [5.41, 5.74) is 2.07. The van der Waals surface area contributed by atoms with Crippen molar-refractivity contribution in [3.63, 3.8) is 0 Å². The summed E-state index contributed by atoms with van der Waals surface area (Å²) >= 11 is 4.61. The minimum Gasteiger partial charge on any atom is -0.368 e.